The van der Waals surface area contributed by atoms with Gasteiger partial charge in [0.25, 0.3) is 7.82 Å². The van der Waals surface area contributed by atoms with Crippen molar-refractivity contribution in [3.05, 3.63) is 0 Å². The minimum atomic E-state index is -5.27. The number of hydrogen-bond donors (Lipinski definition) is 3. The van der Waals surface area contributed by atoms with Crippen molar-refractivity contribution >= 4 is 15.6 Å². The van der Waals surface area contributed by atoms with Gasteiger partial charge in [-0.05, 0) is 0 Å². The van der Waals surface area contributed by atoms with Crippen LogP contribution in [0.5, 0.6) is 0 Å². The van der Waals surface area contributed by atoms with E-state index in [0.717, 1.165) is 0 Å². The molecular weight excluding hydrogens is 310 g/mol. The van der Waals surface area contributed by atoms with Crippen molar-refractivity contribution in [2.24, 2.45) is 0 Å². The molecule has 3 atom stereocenters. The Morgan fingerprint density at radius 3 is 1.74 bits per heavy atom. The second kappa shape index (κ2) is 8.40. The first-order valence-electron chi connectivity index (χ1n) is 4.79. The van der Waals surface area contributed by atoms with E-state index < -0.39 is 54.3 Å². The minimum Gasteiger partial charge on any atom is -0.790 e. The third kappa shape index (κ3) is 11.6. The number of aliphatic hydroxyl groups is 3. The van der Waals surface area contributed by atoms with E-state index in [4.69, 9.17) is 15.3 Å². The van der Waals surface area contributed by atoms with Gasteiger partial charge in [0, 0.05) is 0 Å². The summed E-state index contributed by atoms with van der Waals surface area (Å²) in [5.74, 6) is 0. The van der Waals surface area contributed by atoms with Crippen molar-refractivity contribution in [1.29, 1.82) is 0 Å². The molecule has 116 valence electrons. The maximum atomic E-state index is 11.0. The lowest BCUT2D eigenvalue weighted by Gasteiger charge is -2.30. The van der Waals surface area contributed by atoms with E-state index in [1.807, 2.05) is 0 Å². The highest BCUT2D eigenvalue weighted by atomic mass is 31.2. The molecule has 19 heavy (non-hydrogen) atoms. The Morgan fingerprint density at radius 2 is 1.32 bits per heavy atom. The van der Waals surface area contributed by atoms with Crippen LogP contribution >= 0.6 is 15.6 Å². The van der Waals surface area contributed by atoms with Crippen LogP contribution in [0.4, 0.5) is 0 Å². The summed E-state index contributed by atoms with van der Waals surface area (Å²) in [6.45, 7) is -3.35. The van der Waals surface area contributed by atoms with E-state index in [-0.39, 0.29) is 0 Å². The Bertz CT molecular complexity index is 340. The van der Waals surface area contributed by atoms with Crippen LogP contribution < -0.4 is 14.7 Å². The molecule has 0 aliphatic rings. The molecule has 3 N–H and O–H groups in total. The molecule has 0 spiro atoms. The second-order valence-electron chi connectivity index (χ2n) is 3.27. The zero-order valence-electron chi connectivity index (χ0n) is 9.49. The van der Waals surface area contributed by atoms with Crippen LogP contribution in [0.1, 0.15) is 0 Å². The van der Waals surface area contributed by atoms with E-state index in [1.165, 1.54) is 0 Å². The molecule has 0 amide bonds. The van der Waals surface area contributed by atoms with Gasteiger partial charge < -0.3 is 48.1 Å². The topological polar surface area (TPSA) is 192 Å². The van der Waals surface area contributed by atoms with E-state index in [2.05, 4.69) is 13.6 Å². The molecule has 0 saturated heterocycles. The van der Waals surface area contributed by atoms with E-state index >= 15 is 0 Å². The van der Waals surface area contributed by atoms with Gasteiger partial charge in [0.1, 0.15) is 12.2 Å². The number of phosphoric acid groups is 2. The Hall–Kier alpha value is 0.1000. The van der Waals surface area contributed by atoms with Crippen LogP contribution in [0.15, 0.2) is 0 Å². The fourth-order valence-electron chi connectivity index (χ4n) is 0.670. The van der Waals surface area contributed by atoms with Crippen LogP contribution in [0, 0.1) is 0 Å². The maximum Gasteiger partial charge on any atom is 0.268 e. The molecular formula is C6H13O11P2-3. The second-order valence-corrected chi connectivity index (χ2v) is 5.84. The first-order chi connectivity index (χ1) is 8.56. The van der Waals surface area contributed by atoms with Crippen molar-refractivity contribution in [3.63, 3.8) is 0 Å². The van der Waals surface area contributed by atoms with Gasteiger partial charge in [-0.3, -0.25) is 4.57 Å². The van der Waals surface area contributed by atoms with Crippen molar-refractivity contribution in [2.45, 2.75) is 12.2 Å². The first-order valence-corrected chi connectivity index (χ1v) is 7.71. The summed E-state index contributed by atoms with van der Waals surface area (Å²) < 4.78 is 33.0. The average Bonchev–Trinajstić information content (AvgIpc) is 2.30. The molecule has 0 fully saturated rings. The summed E-state index contributed by atoms with van der Waals surface area (Å²) in [6, 6.07) is 0. The fourth-order valence-corrected chi connectivity index (χ4v) is 1.81. The summed E-state index contributed by atoms with van der Waals surface area (Å²) in [5, 5.41) is 26.2. The molecule has 0 aromatic carbocycles. The van der Waals surface area contributed by atoms with Crippen molar-refractivity contribution in [3.8, 4) is 0 Å². The molecule has 3 unspecified atom stereocenters. The van der Waals surface area contributed by atoms with Gasteiger partial charge in [0.15, 0.2) is 0 Å². The highest BCUT2D eigenvalue weighted by molar-refractivity contribution is 7.45. The van der Waals surface area contributed by atoms with Crippen LogP contribution in [0.3, 0.4) is 0 Å². The number of aliphatic hydroxyl groups excluding tert-OH is 3. The normalized spacial score (nSPS) is 18.8. The van der Waals surface area contributed by atoms with Gasteiger partial charge in [-0.1, -0.05) is 0 Å². The molecule has 11 nitrogen and oxygen atoms in total. The van der Waals surface area contributed by atoms with Gasteiger partial charge in [-0.25, -0.2) is 0 Å². The van der Waals surface area contributed by atoms with Gasteiger partial charge in [0.2, 0.25) is 0 Å². The smallest absolute Gasteiger partial charge is 0.268 e. The van der Waals surface area contributed by atoms with Gasteiger partial charge in [-0.15, -0.1) is 0 Å². The summed E-state index contributed by atoms with van der Waals surface area (Å²) in [7, 11) is -10.1. The Kier molecular flexibility index (Phi) is 8.45. The summed E-state index contributed by atoms with van der Waals surface area (Å²) in [6.07, 6.45) is -3.11. The van der Waals surface area contributed by atoms with Gasteiger partial charge in [0.05, 0.1) is 34.3 Å². The van der Waals surface area contributed by atoms with Crippen LogP contribution in [-0.4, -0.2) is 54.0 Å². The molecule has 0 bridgehead atoms. The summed E-state index contributed by atoms with van der Waals surface area (Å²) >= 11 is 0. The Morgan fingerprint density at radius 1 is 0.895 bits per heavy atom. The molecule has 0 radical (unpaired) electrons. The highest BCUT2D eigenvalue weighted by Crippen LogP contribution is 2.38. The van der Waals surface area contributed by atoms with Crippen molar-refractivity contribution in [2.75, 3.05) is 26.4 Å². The fraction of sp³-hybridized carbons (Fsp3) is 1.00. The lowest BCUT2D eigenvalue weighted by molar-refractivity contribution is -0.342. The quantitative estimate of drug-likeness (QED) is 0.332. The highest BCUT2D eigenvalue weighted by Gasteiger charge is 2.15. The monoisotopic (exact) mass is 323 g/mol. The predicted octanol–water partition coefficient (Wildman–Crippen LogP) is -3.95. The van der Waals surface area contributed by atoms with Crippen LogP contribution in [-0.2, 0) is 22.7 Å². The molecule has 0 saturated carbocycles. The van der Waals surface area contributed by atoms with E-state index in [1.54, 1.807) is 0 Å². The number of phosphoric ester groups is 2. The van der Waals surface area contributed by atoms with Crippen LogP contribution in [0.2, 0.25) is 0 Å². The number of hydrogen-bond acceptors (Lipinski definition) is 11. The third-order valence-electron chi connectivity index (χ3n) is 1.49. The molecule has 13 heteroatoms. The van der Waals surface area contributed by atoms with Gasteiger partial charge >= 0.3 is 0 Å². The largest absolute Gasteiger partial charge is 0.790 e. The molecule has 0 aliphatic carbocycles. The lowest BCUT2D eigenvalue weighted by atomic mass is 10.4. The zero-order valence-corrected chi connectivity index (χ0v) is 11.3. The summed E-state index contributed by atoms with van der Waals surface area (Å²) in [4.78, 5) is 31.1. The minimum absolute atomic E-state index is 0.723. The molecule has 0 aliphatic heterocycles. The van der Waals surface area contributed by atoms with Crippen molar-refractivity contribution < 1.29 is 52.7 Å². The summed E-state index contributed by atoms with van der Waals surface area (Å²) in [5.41, 5.74) is 0. The Labute approximate surface area is 108 Å². The van der Waals surface area contributed by atoms with Crippen molar-refractivity contribution in [1.82, 2.24) is 0 Å². The van der Waals surface area contributed by atoms with Gasteiger partial charge in [-0.2, -0.15) is 0 Å². The standard InChI is InChI=1S/C6H16O11P2/c7-1-5(8)2-16-19(13,14)17-4-6(9)3-15-18(10,11)12/h5-9H,1-4H2,(H,13,14)(H2,10,11,12)/p-3. The maximum absolute atomic E-state index is 11.0. The molecule has 0 aromatic heterocycles. The number of rotatable bonds is 10. The first kappa shape index (κ1) is 19.1. The van der Waals surface area contributed by atoms with E-state index in [0.29, 0.717) is 0 Å². The molecule has 0 aromatic rings. The Balaban J connectivity index is 3.96. The SMILES string of the molecule is O=P([O-])([O-])OCC(O)COP(=O)([O-])OCC(O)CO. The van der Waals surface area contributed by atoms with E-state index in [9.17, 15) is 23.8 Å². The molecule has 0 rings (SSSR count). The lowest BCUT2D eigenvalue weighted by Crippen LogP contribution is -2.27. The average molecular weight is 323 g/mol. The zero-order chi connectivity index (χ0) is 15.1. The van der Waals surface area contributed by atoms with Crippen LogP contribution in [0.25, 0.3) is 0 Å². The third-order valence-corrected chi connectivity index (χ3v) is 2.88. The predicted molar refractivity (Wildman–Crippen MR) is 52.2 cm³/mol. The molecule has 0 heterocycles.